The van der Waals surface area contributed by atoms with Crippen LogP contribution in [0.5, 0.6) is 0 Å². The van der Waals surface area contributed by atoms with Crippen LogP contribution < -0.4 is 4.90 Å². The molecular weight excluding hydrogens is 787 g/mol. The summed E-state index contributed by atoms with van der Waals surface area (Å²) in [6.07, 6.45) is 0. The van der Waals surface area contributed by atoms with Crippen LogP contribution in [0.15, 0.2) is 241 Å². The van der Waals surface area contributed by atoms with E-state index in [0.29, 0.717) is 0 Å². The van der Waals surface area contributed by atoms with Crippen molar-refractivity contribution in [3.05, 3.63) is 248 Å². The van der Waals surface area contributed by atoms with E-state index in [0.717, 1.165) is 55.7 Å². The van der Waals surface area contributed by atoms with Gasteiger partial charge in [0.15, 0.2) is 0 Å². The fourth-order valence-corrected chi connectivity index (χ4v) is 10.4. The number of hydrogen-bond acceptors (Lipinski definition) is 2. The molecule has 1 aliphatic rings. The minimum atomic E-state index is -0.121. The Hall–Kier alpha value is -8.20. The lowest BCUT2D eigenvalue weighted by Crippen LogP contribution is -2.15. The van der Waals surface area contributed by atoms with E-state index in [-0.39, 0.29) is 5.41 Å². The minimum absolute atomic E-state index is 0.121. The van der Waals surface area contributed by atoms with Crippen LogP contribution in [-0.2, 0) is 5.41 Å². The van der Waals surface area contributed by atoms with E-state index in [1.54, 1.807) is 0 Å². The van der Waals surface area contributed by atoms with Crippen molar-refractivity contribution < 1.29 is 4.42 Å². The van der Waals surface area contributed by atoms with Crippen molar-refractivity contribution in [3.8, 4) is 66.8 Å². The second-order valence-corrected chi connectivity index (χ2v) is 17.6. The molecule has 10 aromatic carbocycles. The summed E-state index contributed by atoms with van der Waals surface area (Å²) < 4.78 is 6.33. The largest absolute Gasteiger partial charge is 0.456 e. The van der Waals surface area contributed by atoms with Crippen LogP contribution in [0.25, 0.3) is 88.7 Å². The van der Waals surface area contributed by atoms with Gasteiger partial charge in [0.05, 0.1) is 11.4 Å². The molecule has 0 spiro atoms. The summed E-state index contributed by atoms with van der Waals surface area (Å²) in [4.78, 5) is 2.47. The van der Waals surface area contributed by atoms with Crippen molar-refractivity contribution in [2.45, 2.75) is 19.3 Å². The molecule has 12 rings (SSSR count). The highest BCUT2D eigenvalue weighted by atomic mass is 16.3. The summed E-state index contributed by atoms with van der Waals surface area (Å²) in [5.74, 6) is 0. The molecule has 0 amide bonds. The van der Waals surface area contributed by atoms with E-state index in [2.05, 4.69) is 243 Å². The number of anilines is 3. The Bertz CT molecular complexity index is 3580. The van der Waals surface area contributed by atoms with Crippen molar-refractivity contribution in [2.24, 2.45) is 0 Å². The average Bonchev–Trinajstić information content (AvgIpc) is 3.86. The van der Waals surface area contributed by atoms with Gasteiger partial charge in [0.25, 0.3) is 0 Å². The predicted molar refractivity (Wildman–Crippen MR) is 273 cm³/mol. The Morgan fingerprint density at radius 1 is 0.323 bits per heavy atom. The van der Waals surface area contributed by atoms with E-state index in [1.807, 2.05) is 12.1 Å². The van der Waals surface area contributed by atoms with Gasteiger partial charge in [-0.25, -0.2) is 0 Å². The fraction of sp³-hybridized carbons (Fsp3) is 0.0476. The van der Waals surface area contributed by atoms with Crippen LogP contribution in [0, 0.1) is 0 Å². The van der Waals surface area contributed by atoms with E-state index < -0.39 is 0 Å². The topological polar surface area (TPSA) is 16.4 Å². The number of furan rings is 1. The van der Waals surface area contributed by atoms with Crippen LogP contribution in [-0.4, -0.2) is 0 Å². The molecule has 0 N–H and O–H groups in total. The van der Waals surface area contributed by atoms with Gasteiger partial charge in [0.1, 0.15) is 11.2 Å². The van der Waals surface area contributed by atoms with Crippen molar-refractivity contribution in [3.63, 3.8) is 0 Å². The fourth-order valence-electron chi connectivity index (χ4n) is 10.4. The van der Waals surface area contributed by atoms with Crippen LogP contribution >= 0.6 is 0 Å². The maximum atomic E-state index is 6.33. The third kappa shape index (κ3) is 6.40. The SMILES string of the molecule is CC1(C)c2ccccc2-c2c(-c3ccccc3N(c3ccc(-c4ccc5c(c4)oc4ccccc45)cc3)c3ccccc3-c3ccccc3-c3ccccc3-c3ccccc3)cccc21. The molecule has 0 aliphatic heterocycles. The quantitative estimate of drug-likeness (QED) is 0.152. The maximum absolute atomic E-state index is 6.33. The molecule has 0 atom stereocenters. The molecular formula is C63H45NO. The van der Waals surface area contributed by atoms with Gasteiger partial charge >= 0.3 is 0 Å². The number of para-hydroxylation sites is 3. The lowest BCUT2D eigenvalue weighted by atomic mass is 9.82. The number of nitrogens with zero attached hydrogens (tertiary/aromatic N) is 1. The molecule has 1 heterocycles. The number of rotatable bonds is 8. The molecule has 2 nitrogen and oxygen atoms in total. The van der Waals surface area contributed by atoms with Gasteiger partial charge in [-0.05, 0) is 109 Å². The van der Waals surface area contributed by atoms with Crippen molar-refractivity contribution >= 4 is 39.0 Å². The molecule has 0 bridgehead atoms. The Morgan fingerprint density at radius 3 is 1.54 bits per heavy atom. The Balaban J connectivity index is 1.06. The second-order valence-electron chi connectivity index (χ2n) is 17.6. The van der Waals surface area contributed by atoms with Crippen LogP contribution in [0.3, 0.4) is 0 Å². The van der Waals surface area contributed by atoms with Crippen LogP contribution in [0.4, 0.5) is 17.1 Å². The molecule has 65 heavy (non-hydrogen) atoms. The molecule has 1 aliphatic carbocycles. The summed E-state index contributed by atoms with van der Waals surface area (Å²) in [6.45, 7) is 4.72. The summed E-state index contributed by atoms with van der Waals surface area (Å²) in [6, 6.07) is 85.9. The normalized spacial score (nSPS) is 12.6. The molecule has 308 valence electrons. The first-order chi connectivity index (χ1) is 32.0. The van der Waals surface area contributed by atoms with Gasteiger partial charge in [0, 0.05) is 33.0 Å². The Morgan fingerprint density at radius 2 is 0.815 bits per heavy atom. The van der Waals surface area contributed by atoms with Crippen molar-refractivity contribution in [1.29, 1.82) is 0 Å². The summed E-state index contributed by atoms with van der Waals surface area (Å²) >= 11 is 0. The molecule has 0 fully saturated rings. The number of fused-ring (bicyclic) bond motifs is 6. The average molecular weight is 832 g/mol. The van der Waals surface area contributed by atoms with Gasteiger partial charge in [-0.1, -0.05) is 208 Å². The highest BCUT2D eigenvalue weighted by molar-refractivity contribution is 6.06. The van der Waals surface area contributed by atoms with Gasteiger partial charge in [-0.3, -0.25) is 0 Å². The molecule has 1 aromatic heterocycles. The van der Waals surface area contributed by atoms with E-state index in [4.69, 9.17) is 4.42 Å². The van der Waals surface area contributed by atoms with Crippen molar-refractivity contribution in [2.75, 3.05) is 4.90 Å². The van der Waals surface area contributed by atoms with Gasteiger partial charge in [-0.2, -0.15) is 0 Å². The molecule has 11 aromatic rings. The monoisotopic (exact) mass is 831 g/mol. The van der Waals surface area contributed by atoms with Crippen LogP contribution in [0.1, 0.15) is 25.0 Å². The predicted octanol–water partition coefficient (Wildman–Crippen LogP) is 17.7. The second kappa shape index (κ2) is 15.6. The lowest BCUT2D eigenvalue weighted by molar-refractivity contribution is 0.660. The van der Waals surface area contributed by atoms with Gasteiger partial charge < -0.3 is 9.32 Å². The summed E-state index contributed by atoms with van der Waals surface area (Å²) in [5, 5.41) is 2.27. The summed E-state index contributed by atoms with van der Waals surface area (Å²) in [7, 11) is 0. The zero-order chi connectivity index (χ0) is 43.5. The molecule has 0 saturated carbocycles. The zero-order valence-electron chi connectivity index (χ0n) is 36.4. The van der Waals surface area contributed by atoms with E-state index >= 15 is 0 Å². The third-order valence-electron chi connectivity index (χ3n) is 13.5. The van der Waals surface area contributed by atoms with Gasteiger partial charge in [0.2, 0.25) is 0 Å². The Kier molecular flexibility index (Phi) is 9.21. The van der Waals surface area contributed by atoms with E-state index in [9.17, 15) is 0 Å². The number of hydrogen-bond donors (Lipinski definition) is 0. The first kappa shape index (κ1) is 38.5. The van der Waals surface area contributed by atoms with Gasteiger partial charge in [-0.15, -0.1) is 0 Å². The van der Waals surface area contributed by atoms with Crippen LogP contribution in [0.2, 0.25) is 0 Å². The molecule has 0 unspecified atom stereocenters. The molecule has 0 radical (unpaired) electrons. The lowest BCUT2D eigenvalue weighted by Gasteiger charge is -2.31. The highest BCUT2D eigenvalue weighted by Crippen LogP contribution is 2.54. The maximum Gasteiger partial charge on any atom is 0.136 e. The molecule has 0 saturated heterocycles. The first-order valence-corrected chi connectivity index (χ1v) is 22.5. The van der Waals surface area contributed by atoms with Crippen molar-refractivity contribution in [1.82, 2.24) is 0 Å². The molecule has 2 heteroatoms. The Labute approximate surface area is 380 Å². The standard InChI is InChI=1S/C63H45NO/c1-63(2)56-30-14-10-28-55(56)62-54(29-18-31-57(62)63)51-26-12-16-33-59(51)64(45-38-35-42(36-39-45)44-37-40-53-52-27-13-17-34-60(52)65-61(53)41-44)58-32-15-11-25-50(58)49-24-9-8-23-48(49)47-22-7-6-21-46(47)43-19-4-3-5-20-43/h3-41H,1-2H3. The highest BCUT2D eigenvalue weighted by Gasteiger charge is 2.37. The number of benzene rings is 10. The van der Waals surface area contributed by atoms with E-state index in [1.165, 1.54) is 61.2 Å². The first-order valence-electron chi connectivity index (χ1n) is 22.5. The smallest absolute Gasteiger partial charge is 0.136 e. The zero-order valence-corrected chi connectivity index (χ0v) is 36.4. The third-order valence-corrected chi connectivity index (χ3v) is 13.5. The summed E-state index contributed by atoms with van der Waals surface area (Å²) in [5.41, 5.74) is 22.0. The minimum Gasteiger partial charge on any atom is -0.456 e.